The smallest absolute Gasteiger partial charge is 0.236 e. The van der Waals surface area contributed by atoms with Crippen molar-refractivity contribution in [1.82, 2.24) is 9.80 Å². The SMILES string of the molecule is CN(CC#N)CC(=O)N(C)C1CC1. The van der Waals surface area contributed by atoms with Gasteiger partial charge in [0.25, 0.3) is 0 Å². The van der Waals surface area contributed by atoms with Crippen molar-refractivity contribution in [1.29, 1.82) is 5.26 Å². The van der Waals surface area contributed by atoms with Crippen molar-refractivity contribution < 1.29 is 4.79 Å². The number of carbonyl (C=O) groups is 1. The highest BCUT2D eigenvalue weighted by Gasteiger charge is 2.29. The molecule has 0 aromatic carbocycles. The number of rotatable bonds is 4. The van der Waals surface area contributed by atoms with E-state index in [4.69, 9.17) is 5.26 Å². The van der Waals surface area contributed by atoms with Crippen LogP contribution >= 0.6 is 0 Å². The minimum atomic E-state index is 0.111. The molecule has 13 heavy (non-hydrogen) atoms. The highest BCUT2D eigenvalue weighted by atomic mass is 16.2. The van der Waals surface area contributed by atoms with Gasteiger partial charge in [0.15, 0.2) is 0 Å². The molecule has 0 aromatic rings. The molecule has 1 saturated carbocycles. The lowest BCUT2D eigenvalue weighted by Gasteiger charge is -2.19. The van der Waals surface area contributed by atoms with Crippen molar-refractivity contribution in [2.24, 2.45) is 0 Å². The summed E-state index contributed by atoms with van der Waals surface area (Å²) < 4.78 is 0. The molecular weight excluding hydrogens is 166 g/mol. The van der Waals surface area contributed by atoms with Crippen LogP contribution in [0.3, 0.4) is 0 Å². The van der Waals surface area contributed by atoms with E-state index < -0.39 is 0 Å². The van der Waals surface area contributed by atoms with Crippen LogP contribution in [0.2, 0.25) is 0 Å². The number of hydrogen-bond acceptors (Lipinski definition) is 3. The molecule has 0 atom stereocenters. The topological polar surface area (TPSA) is 47.3 Å². The quantitative estimate of drug-likeness (QED) is 0.576. The van der Waals surface area contributed by atoms with Gasteiger partial charge in [0, 0.05) is 13.1 Å². The van der Waals surface area contributed by atoms with E-state index in [1.54, 1.807) is 16.8 Å². The average Bonchev–Trinajstić information content (AvgIpc) is 2.85. The molecule has 4 heteroatoms. The van der Waals surface area contributed by atoms with Gasteiger partial charge in [-0.25, -0.2) is 0 Å². The zero-order valence-electron chi connectivity index (χ0n) is 8.16. The Balaban J connectivity index is 2.27. The van der Waals surface area contributed by atoms with Crippen LogP contribution in [0.25, 0.3) is 0 Å². The molecule has 0 aromatic heterocycles. The van der Waals surface area contributed by atoms with Crippen LogP contribution in [0.15, 0.2) is 0 Å². The molecule has 0 radical (unpaired) electrons. The maximum absolute atomic E-state index is 11.5. The fraction of sp³-hybridized carbons (Fsp3) is 0.778. The lowest BCUT2D eigenvalue weighted by atomic mass is 10.4. The predicted octanol–water partition coefficient (Wildman–Crippen LogP) is 0.0626. The highest BCUT2D eigenvalue weighted by Crippen LogP contribution is 2.25. The molecule has 0 N–H and O–H groups in total. The van der Waals surface area contributed by atoms with Crippen molar-refractivity contribution in [3.63, 3.8) is 0 Å². The molecule has 0 heterocycles. The lowest BCUT2D eigenvalue weighted by Crippen LogP contribution is -2.37. The number of nitriles is 1. The number of hydrogen-bond donors (Lipinski definition) is 0. The van der Waals surface area contributed by atoms with E-state index in [1.165, 1.54) is 0 Å². The summed E-state index contributed by atoms with van der Waals surface area (Å²) in [7, 11) is 3.61. The van der Waals surface area contributed by atoms with Crippen LogP contribution in [-0.2, 0) is 4.79 Å². The number of likely N-dealkylation sites (N-methyl/N-ethyl adjacent to an activating group) is 2. The van der Waals surface area contributed by atoms with Gasteiger partial charge in [0.1, 0.15) is 0 Å². The van der Waals surface area contributed by atoms with Gasteiger partial charge in [-0.05, 0) is 19.9 Å². The Kier molecular flexibility index (Phi) is 3.26. The predicted molar refractivity (Wildman–Crippen MR) is 48.9 cm³/mol. The van der Waals surface area contributed by atoms with E-state index in [2.05, 4.69) is 0 Å². The molecule has 1 aliphatic carbocycles. The maximum Gasteiger partial charge on any atom is 0.236 e. The second-order valence-corrected chi connectivity index (χ2v) is 3.57. The van der Waals surface area contributed by atoms with Crippen molar-refractivity contribution in [3.05, 3.63) is 0 Å². The van der Waals surface area contributed by atoms with Crippen molar-refractivity contribution in [3.8, 4) is 6.07 Å². The van der Waals surface area contributed by atoms with Gasteiger partial charge in [-0.15, -0.1) is 0 Å². The molecule has 0 unspecified atom stereocenters. The summed E-state index contributed by atoms with van der Waals surface area (Å²) in [4.78, 5) is 15.0. The van der Waals surface area contributed by atoms with Crippen molar-refractivity contribution in [2.75, 3.05) is 27.2 Å². The van der Waals surface area contributed by atoms with E-state index in [9.17, 15) is 4.79 Å². The molecular formula is C9H15N3O. The first-order valence-corrected chi connectivity index (χ1v) is 4.46. The first-order chi connectivity index (χ1) is 6.15. The Morgan fingerprint density at radius 2 is 2.15 bits per heavy atom. The molecule has 0 aliphatic heterocycles. The summed E-state index contributed by atoms with van der Waals surface area (Å²) in [5.41, 5.74) is 0. The number of carbonyl (C=O) groups excluding carboxylic acids is 1. The summed E-state index contributed by atoms with van der Waals surface area (Å²) in [5, 5.41) is 8.39. The fourth-order valence-corrected chi connectivity index (χ4v) is 1.18. The maximum atomic E-state index is 11.5. The number of nitrogens with zero attached hydrogens (tertiary/aromatic N) is 3. The van der Waals surface area contributed by atoms with E-state index in [1.807, 2.05) is 13.1 Å². The molecule has 4 nitrogen and oxygen atoms in total. The van der Waals surface area contributed by atoms with Crippen LogP contribution in [0.5, 0.6) is 0 Å². The Bertz CT molecular complexity index is 230. The van der Waals surface area contributed by atoms with Gasteiger partial charge in [0.2, 0.25) is 5.91 Å². The third-order valence-corrected chi connectivity index (χ3v) is 2.23. The molecule has 1 amide bonds. The Labute approximate surface area is 78.7 Å². The molecule has 72 valence electrons. The summed E-state index contributed by atoms with van der Waals surface area (Å²) >= 11 is 0. The van der Waals surface area contributed by atoms with Crippen LogP contribution in [0.1, 0.15) is 12.8 Å². The fourth-order valence-electron chi connectivity index (χ4n) is 1.18. The minimum Gasteiger partial charge on any atom is -0.342 e. The van der Waals surface area contributed by atoms with E-state index in [0.29, 0.717) is 19.1 Å². The van der Waals surface area contributed by atoms with Crippen molar-refractivity contribution in [2.45, 2.75) is 18.9 Å². The Morgan fingerprint density at radius 1 is 1.54 bits per heavy atom. The van der Waals surface area contributed by atoms with Gasteiger partial charge in [-0.2, -0.15) is 5.26 Å². The highest BCUT2D eigenvalue weighted by molar-refractivity contribution is 5.78. The first kappa shape index (κ1) is 10.0. The van der Waals surface area contributed by atoms with Gasteiger partial charge in [-0.1, -0.05) is 0 Å². The van der Waals surface area contributed by atoms with Crippen LogP contribution < -0.4 is 0 Å². The standard InChI is InChI=1S/C9H15N3O/c1-11(6-5-10)7-9(13)12(2)8-3-4-8/h8H,3-4,6-7H2,1-2H3. The van der Waals surface area contributed by atoms with E-state index >= 15 is 0 Å². The zero-order chi connectivity index (χ0) is 9.84. The molecule has 1 aliphatic rings. The van der Waals surface area contributed by atoms with Gasteiger partial charge >= 0.3 is 0 Å². The van der Waals surface area contributed by atoms with Gasteiger partial charge < -0.3 is 4.90 Å². The minimum absolute atomic E-state index is 0.111. The van der Waals surface area contributed by atoms with E-state index in [0.717, 1.165) is 12.8 Å². The summed E-state index contributed by atoms with van der Waals surface area (Å²) in [5.74, 6) is 0.111. The van der Waals surface area contributed by atoms with Gasteiger partial charge in [0.05, 0.1) is 19.2 Å². The molecule has 0 saturated heterocycles. The monoisotopic (exact) mass is 181 g/mol. The van der Waals surface area contributed by atoms with Gasteiger partial charge in [-0.3, -0.25) is 9.69 Å². The van der Waals surface area contributed by atoms with Crippen molar-refractivity contribution >= 4 is 5.91 Å². The van der Waals surface area contributed by atoms with E-state index in [-0.39, 0.29) is 5.91 Å². The molecule has 1 rings (SSSR count). The van der Waals surface area contributed by atoms with Crippen LogP contribution in [0.4, 0.5) is 0 Å². The Hall–Kier alpha value is -1.08. The molecule has 1 fully saturated rings. The summed E-state index contributed by atoms with van der Waals surface area (Å²) in [6.07, 6.45) is 2.26. The molecule has 0 spiro atoms. The average molecular weight is 181 g/mol. The first-order valence-electron chi connectivity index (χ1n) is 4.46. The second kappa shape index (κ2) is 4.24. The summed E-state index contributed by atoms with van der Waals surface area (Å²) in [6, 6.07) is 2.47. The largest absolute Gasteiger partial charge is 0.342 e. The van der Waals surface area contributed by atoms with Crippen LogP contribution in [0, 0.1) is 11.3 Å². The normalized spacial score (nSPS) is 15.5. The van der Waals surface area contributed by atoms with Crippen LogP contribution in [-0.4, -0.2) is 48.9 Å². The lowest BCUT2D eigenvalue weighted by molar-refractivity contribution is -0.131. The zero-order valence-corrected chi connectivity index (χ0v) is 8.16. The number of amides is 1. The second-order valence-electron chi connectivity index (χ2n) is 3.57. The molecule has 0 bridgehead atoms. The third-order valence-electron chi connectivity index (χ3n) is 2.23. The third kappa shape index (κ3) is 3.03. The Morgan fingerprint density at radius 3 is 2.62 bits per heavy atom. The summed E-state index contributed by atoms with van der Waals surface area (Å²) in [6.45, 7) is 0.658.